The number of hydrogen-bond donors (Lipinski definition) is 1. The van der Waals surface area contributed by atoms with Gasteiger partial charge in [-0.2, -0.15) is 0 Å². The van der Waals surface area contributed by atoms with Crippen LogP contribution in [0.5, 0.6) is 0 Å². The van der Waals surface area contributed by atoms with Crippen molar-refractivity contribution in [3.8, 4) is 0 Å². The van der Waals surface area contributed by atoms with E-state index in [1.165, 1.54) is 10.6 Å². The molecule has 0 aliphatic carbocycles. The van der Waals surface area contributed by atoms with Crippen molar-refractivity contribution in [2.75, 3.05) is 14.2 Å². The van der Waals surface area contributed by atoms with Gasteiger partial charge < -0.3 is 10.1 Å². The summed E-state index contributed by atoms with van der Waals surface area (Å²) in [6.45, 7) is 3.01. The summed E-state index contributed by atoms with van der Waals surface area (Å²) in [5.41, 5.74) is 2.32. The van der Waals surface area contributed by atoms with Crippen LogP contribution < -0.4 is 5.32 Å². The van der Waals surface area contributed by atoms with E-state index in [0.29, 0.717) is 0 Å². The molecule has 1 aromatic carbocycles. The molecule has 0 radical (unpaired) electrons. The molecule has 102 valence electrons. The van der Waals surface area contributed by atoms with Gasteiger partial charge in [0.05, 0.1) is 5.69 Å². The van der Waals surface area contributed by atoms with E-state index in [1.54, 1.807) is 18.4 Å². The lowest BCUT2D eigenvalue weighted by Gasteiger charge is -2.12. The number of nitrogens with zero attached hydrogens (tertiary/aromatic N) is 1. The second-order valence-electron chi connectivity index (χ2n) is 4.33. The summed E-state index contributed by atoms with van der Waals surface area (Å²) in [4.78, 5) is 6.05. The average molecular weight is 276 g/mol. The van der Waals surface area contributed by atoms with Crippen LogP contribution in [0.3, 0.4) is 0 Å². The third kappa shape index (κ3) is 3.21. The number of aryl methyl sites for hydroxylation is 1. The van der Waals surface area contributed by atoms with E-state index in [4.69, 9.17) is 9.72 Å². The average Bonchev–Trinajstić information content (AvgIpc) is 2.84. The first-order chi connectivity index (χ1) is 9.30. The molecule has 0 aliphatic heterocycles. The van der Waals surface area contributed by atoms with Gasteiger partial charge in [-0.25, -0.2) is 4.98 Å². The third-order valence-corrected chi connectivity index (χ3v) is 4.17. The highest BCUT2D eigenvalue weighted by atomic mass is 32.1. The molecule has 0 fully saturated rings. The molecule has 1 heterocycles. The van der Waals surface area contributed by atoms with Crippen molar-refractivity contribution in [3.05, 3.63) is 51.5 Å². The third-order valence-electron chi connectivity index (χ3n) is 3.03. The lowest BCUT2D eigenvalue weighted by atomic mass is 10.1. The van der Waals surface area contributed by atoms with Gasteiger partial charge in [0, 0.05) is 18.5 Å². The molecule has 0 amide bonds. The Bertz CT molecular complexity index is 510. The predicted octanol–water partition coefficient (Wildman–Crippen LogP) is 3.16. The van der Waals surface area contributed by atoms with Gasteiger partial charge in [-0.3, -0.25) is 0 Å². The van der Waals surface area contributed by atoms with Crippen molar-refractivity contribution in [2.24, 2.45) is 0 Å². The molecular weight excluding hydrogens is 256 g/mol. The summed E-state index contributed by atoms with van der Waals surface area (Å²) in [6, 6.07) is 10.2. The van der Waals surface area contributed by atoms with Crippen LogP contribution in [0.25, 0.3) is 0 Å². The van der Waals surface area contributed by atoms with Gasteiger partial charge in [0.2, 0.25) is 0 Å². The minimum Gasteiger partial charge on any atom is -0.370 e. The van der Waals surface area contributed by atoms with E-state index >= 15 is 0 Å². The number of thiazole rings is 1. The van der Waals surface area contributed by atoms with Crippen LogP contribution in [0, 0.1) is 0 Å². The van der Waals surface area contributed by atoms with Crippen LogP contribution in [0.4, 0.5) is 0 Å². The van der Waals surface area contributed by atoms with E-state index < -0.39 is 0 Å². The summed E-state index contributed by atoms with van der Waals surface area (Å²) < 4.78 is 5.64. The van der Waals surface area contributed by atoms with Crippen LogP contribution in [0.1, 0.15) is 34.2 Å². The van der Waals surface area contributed by atoms with Gasteiger partial charge in [0.1, 0.15) is 11.1 Å². The zero-order chi connectivity index (χ0) is 13.7. The number of hydrogen-bond acceptors (Lipinski definition) is 4. The maximum atomic E-state index is 5.64. The van der Waals surface area contributed by atoms with Crippen LogP contribution in [-0.4, -0.2) is 19.1 Å². The maximum Gasteiger partial charge on any atom is 0.134 e. The van der Waals surface area contributed by atoms with Crippen LogP contribution in [0.15, 0.2) is 30.3 Å². The second kappa shape index (κ2) is 6.80. The van der Waals surface area contributed by atoms with E-state index in [2.05, 4.69) is 24.4 Å². The Morgan fingerprint density at radius 1 is 1.32 bits per heavy atom. The first kappa shape index (κ1) is 14.2. The molecular formula is C15H20N2OS. The minimum absolute atomic E-state index is 0.0675. The van der Waals surface area contributed by atoms with Crippen LogP contribution >= 0.6 is 11.3 Å². The fourth-order valence-electron chi connectivity index (χ4n) is 2.10. The normalized spacial score (nSPS) is 12.6. The maximum absolute atomic E-state index is 5.64. The van der Waals surface area contributed by atoms with Crippen molar-refractivity contribution < 1.29 is 4.74 Å². The number of benzene rings is 1. The molecule has 1 aromatic heterocycles. The standard InChI is InChI=1S/C15H20N2OS/c1-4-12-13(10-16-2)19-15(17-12)14(18-3)11-8-6-5-7-9-11/h5-9,14,16H,4,10H2,1-3H3. The van der Waals surface area contributed by atoms with Gasteiger partial charge in [0.15, 0.2) is 0 Å². The van der Waals surface area contributed by atoms with E-state index in [1.807, 2.05) is 25.2 Å². The van der Waals surface area contributed by atoms with Gasteiger partial charge in [-0.05, 0) is 19.0 Å². The summed E-state index contributed by atoms with van der Waals surface area (Å²) in [7, 11) is 3.70. The molecule has 1 unspecified atom stereocenters. The topological polar surface area (TPSA) is 34.1 Å². The Balaban J connectivity index is 2.33. The Labute approximate surface area is 118 Å². The lowest BCUT2D eigenvalue weighted by Crippen LogP contribution is -2.05. The SMILES string of the molecule is CCc1nc(C(OC)c2ccccc2)sc1CNC. The molecule has 0 aliphatic rings. The largest absolute Gasteiger partial charge is 0.370 e. The van der Waals surface area contributed by atoms with Gasteiger partial charge in [0.25, 0.3) is 0 Å². The number of methoxy groups -OCH3 is 1. The number of aromatic nitrogens is 1. The molecule has 2 aromatic rings. The molecule has 0 spiro atoms. The van der Waals surface area contributed by atoms with E-state index in [0.717, 1.165) is 23.5 Å². The molecule has 4 heteroatoms. The molecule has 3 nitrogen and oxygen atoms in total. The molecule has 19 heavy (non-hydrogen) atoms. The first-order valence-electron chi connectivity index (χ1n) is 6.51. The molecule has 0 bridgehead atoms. The molecule has 0 saturated carbocycles. The van der Waals surface area contributed by atoms with E-state index in [9.17, 15) is 0 Å². The predicted molar refractivity (Wildman–Crippen MR) is 79.5 cm³/mol. The zero-order valence-electron chi connectivity index (χ0n) is 11.6. The summed E-state index contributed by atoms with van der Waals surface area (Å²) in [6.07, 6.45) is 0.890. The van der Waals surface area contributed by atoms with Crippen molar-refractivity contribution in [2.45, 2.75) is 26.0 Å². The number of rotatable bonds is 6. The highest BCUT2D eigenvalue weighted by molar-refractivity contribution is 7.11. The first-order valence-corrected chi connectivity index (χ1v) is 7.32. The second-order valence-corrected chi connectivity index (χ2v) is 5.45. The van der Waals surface area contributed by atoms with Crippen molar-refractivity contribution in [1.29, 1.82) is 0 Å². The fourth-order valence-corrected chi connectivity index (χ4v) is 3.37. The van der Waals surface area contributed by atoms with Crippen molar-refractivity contribution >= 4 is 11.3 Å². The highest BCUT2D eigenvalue weighted by Gasteiger charge is 2.19. The summed E-state index contributed by atoms with van der Waals surface area (Å²) in [5.74, 6) is 0. The summed E-state index contributed by atoms with van der Waals surface area (Å²) in [5, 5.41) is 4.24. The van der Waals surface area contributed by atoms with E-state index in [-0.39, 0.29) is 6.10 Å². The smallest absolute Gasteiger partial charge is 0.134 e. The van der Waals surface area contributed by atoms with Crippen LogP contribution in [0.2, 0.25) is 0 Å². The molecule has 0 saturated heterocycles. The Morgan fingerprint density at radius 2 is 2.05 bits per heavy atom. The van der Waals surface area contributed by atoms with Crippen molar-refractivity contribution in [1.82, 2.24) is 10.3 Å². The quantitative estimate of drug-likeness (QED) is 0.880. The number of ether oxygens (including phenoxy) is 1. The molecule has 1 N–H and O–H groups in total. The van der Waals surface area contributed by atoms with Gasteiger partial charge in [-0.1, -0.05) is 37.3 Å². The Kier molecular flexibility index (Phi) is 5.07. The highest BCUT2D eigenvalue weighted by Crippen LogP contribution is 2.31. The monoisotopic (exact) mass is 276 g/mol. The zero-order valence-corrected chi connectivity index (χ0v) is 12.5. The molecule has 1 atom stereocenters. The molecule has 2 rings (SSSR count). The van der Waals surface area contributed by atoms with Crippen molar-refractivity contribution in [3.63, 3.8) is 0 Å². The van der Waals surface area contributed by atoms with Gasteiger partial charge in [-0.15, -0.1) is 11.3 Å². The fraction of sp³-hybridized carbons (Fsp3) is 0.400. The Hall–Kier alpha value is -1.23. The minimum atomic E-state index is -0.0675. The lowest BCUT2D eigenvalue weighted by molar-refractivity contribution is 0.136. The summed E-state index contributed by atoms with van der Waals surface area (Å²) >= 11 is 1.74. The number of nitrogens with one attached hydrogen (secondary N) is 1. The van der Waals surface area contributed by atoms with Crippen LogP contribution in [-0.2, 0) is 17.7 Å². The van der Waals surface area contributed by atoms with Gasteiger partial charge >= 0.3 is 0 Å². The Morgan fingerprint density at radius 3 is 2.63 bits per heavy atom.